The Bertz CT molecular complexity index is 961. The quantitative estimate of drug-likeness (QED) is 0.386. The van der Waals surface area contributed by atoms with E-state index in [0.717, 1.165) is 50.5 Å². The van der Waals surface area contributed by atoms with Crippen molar-refractivity contribution in [2.24, 2.45) is 0 Å². The summed E-state index contributed by atoms with van der Waals surface area (Å²) in [6, 6.07) is 9.21. The van der Waals surface area contributed by atoms with Gasteiger partial charge in [-0.25, -0.2) is 0 Å². The van der Waals surface area contributed by atoms with Crippen LogP contribution in [-0.4, -0.2) is 94.6 Å². The fourth-order valence-corrected chi connectivity index (χ4v) is 6.07. The molecular formula is C24H34N4O5S. The van der Waals surface area contributed by atoms with Crippen molar-refractivity contribution in [1.29, 1.82) is 0 Å². The van der Waals surface area contributed by atoms with E-state index in [1.54, 1.807) is 7.11 Å². The van der Waals surface area contributed by atoms with Gasteiger partial charge in [0.1, 0.15) is 6.61 Å². The molecule has 4 heterocycles. The van der Waals surface area contributed by atoms with E-state index in [1.807, 2.05) is 0 Å². The van der Waals surface area contributed by atoms with E-state index in [4.69, 9.17) is 18.7 Å². The summed E-state index contributed by atoms with van der Waals surface area (Å²) < 4.78 is 34.1. The third-order valence-electron chi connectivity index (χ3n) is 7.01. The van der Waals surface area contributed by atoms with Gasteiger partial charge >= 0.3 is 6.01 Å². The summed E-state index contributed by atoms with van der Waals surface area (Å²) in [6.45, 7) is 6.42. The summed E-state index contributed by atoms with van der Waals surface area (Å²) in [5, 5.41) is 4.01. The number of hydrogen-bond donors (Lipinski definition) is 0. The lowest BCUT2D eigenvalue weighted by Crippen LogP contribution is -2.45. The van der Waals surface area contributed by atoms with E-state index in [0.29, 0.717) is 25.0 Å². The lowest BCUT2D eigenvalue weighted by molar-refractivity contribution is 0.112. The molecule has 10 heteroatoms. The largest absolute Gasteiger partial charge is 0.459 e. The van der Waals surface area contributed by atoms with Crippen LogP contribution in [0.4, 0.5) is 0 Å². The lowest BCUT2D eigenvalue weighted by Gasteiger charge is -2.36. The van der Waals surface area contributed by atoms with Crippen molar-refractivity contribution in [3.8, 4) is 6.01 Å². The minimum absolute atomic E-state index is 0.0482. The highest BCUT2D eigenvalue weighted by atomic mass is 32.2. The van der Waals surface area contributed by atoms with Gasteiger partial charge in [-0.05, 0) is 35.0 Å². The van der Waals surface area contributed by atoms with Gasteiger partial charge in [0.15, 0.2) is 12.5 Å². The first-order valence-electron chi connectivity index (χ1n) is 12.2. The van der Waals surface area contributed by atoms with Crippen LogP contribution in [0.3, 0.4) is 0 Å². The molecule has 3 fully saturated rings. The second-order valence-corrected chi connectivity index (χ2v) is 10.9. The molecule has 0 N–H and O–H groups in total. The predicted octanol–water partition coefficient (Wildman–Crippen LogP) is 1.98. The monoisotopic (exact) mass is 490 g/mol. The lowest BCUT2D eigenvalue weighted by atomic mass is 9.84. The van der Waals surface area contributed by atoms with Crippen LogP contribution in [-0.2, 0) is 26.7 Å². The third kappa shape index (κ3) is 5.52. The van der Waals surface area contributed by atoms with Crippen molar-refractivity contribution in [3.63, 3.8) is 0 Å². The van der Waals surface area contributed by atoms with Gasteiger partial charge in [0.05, 0.1) is 12.5 Å². The molecule has 3 aliphatic heterocycles. The average molecular weight is 491 g/mol. The molecule has 0 radical (unpaired) electrons. The highest BCUT2D eigenvalue weighted by molar-refractivity contribution is 7.85. The number of ether oxygens (including phenoxy) is 3. The molecule has 4 unspecified atom stereocenters. The van der Waals surface area contributed by atoms with E-state index in [2.05, 4.69) is 51.1 Å². The van der Waals surface area contributed by atoms with Gasteiger partial charge in [-0.2, -0.15) is 4.98 Å². The molecule has 4 atom stereocenters. The van der Waals surface area contributed by atoms with Crippen LogP contribution >= 0.6 is 0 Å². The highest BCUT2D eigenvalue weighted by Crippen LogP contribution is 2.41. The molecular weight excluding hydrogens is 456 g/mol. The number of methoxy groups -OCH3 is 1. The molecule has 1 aromatic heterocycles. The first-order valence-corrected chi connectivity index (χ1v) is 13.7. The number of piperidine rings is 1. The molecule has 0 spiro atoms. The molecule has 2 aromatic rings. The SMILES string of the molecule is CCc1ccc(C2CC(c3nc(OCCOC)no3)CN(C3OC3N3CCS(=O)CC3)C2)cc1. The normalized spacial score (nSPS) is 28.8. The maximum absolute atomic E-state index is 11.8. The zero-order valence-corrected chi connectivity index (χ0v) is 20.7. The zero-order valence-electron chi connectivity index (χ0n) is 19.9. The van der Waals surface area contributed by atoms with Gasteiger partial charge in [0.25, 0.3) is 0 Å². The van der Waals surface area contributed by atoms with Crippen LogP contribution in [0.15, 0.2) is 28.8 Å². The van der Waals surface area contributed by atoms with Gasteiger partial charge in [-0.3, -0.25) is 14.0 Å². The number of benzene rings is 1. The Morgan fingerprint density at radius 3 is 2.53 bits per heavy atom. The molecule has 0 amide bonds. The fourth-order valence-electron chi connectivity index (χ4n) is 4.99. The van der Waals surface area contributed by atoms with E-state index < -0.39 is 10.8 Å². The molecule has 3 saturated heterocycles. The molecule has 1 aromatic carbocycles. The van der Waals surface area contributed by atoms with Gasteiger partial charge in [0.2, 0.25) is 5.89 Å². The van der Waals surface area contributed by atoms with E-state index >= 15 is 0 Å². The average Bonchev–Trinajstić information content (AvgIpc) is 3.54. The van der Waals surface area contributed by atoms with Gasteiger partial charge in [-0.15, -0.1) is 0 Å². The van der Waals surface area contributed by atoms with Crippen LogP contribution in [0.1, 0.15) is 42.2 Å². The van der Waals surface area contributed by atoms with Crippen molar-refractivity contribution in [2.75, 3.05) is 58.0 Å². The van der Waals surface area contributed by atoms with Crippen LogP contribution < -0.4 is 4.74 Å². The second-order valence-electron chi connectivity index (χ2n) is 9.24. The van der Waals surface area contributed by atoms with Crippen LogP contribution in [0.5, 0.6) is 6.01 Å². The zero-order chi connectivity index (χ0) is 23.5. The first kappa shape index (κ1) is 23.9. The van der Waals surface area contributed by atoms with Crippen LogP contribution in [0.2, 0.25) is 0 Å². The number of likely N-dealkylation sites (tertiary alicyclic amines) is 1. The Hall–Kier alpha value is -1.85. The predicted molar refractivity (Wildman–Crippen MR) is 127 cm³/mol. The first-order chi connectivity index (χ1) is 16.6. The summed E-state index contributed by atoms with van der Waals surface area (Å²) in [7, 11) is 0.941. The van der Waals surface area contributed by atoms with E-state index in [9.17, 15) is 4.21 Å². The van der Waals surface area contributed by atoms with Crippen molar-refractivity contribution in [1.82, 2.24) is 19.9 Å². The molecule has 3 aliphatic rings. The minimum Gasteiger partial charge on any atom is -0.459 e. The van der Waals surface area contributed by atoms with Crippen LogP contribution in [0, 0.1) is 0 Å². The maximum atomic E-state index is 11.8. The van der Waals surface area contributed by atoms with E-state index in [-0.39, 0.29) is 24.4 Å². The molecule has 0 saturated carbocycles. The molecule has 0 bridgehead atoms. The standard InChI is InChI=1S/C24H34N4O5S/c1-3-17-4-6-18(7-5-17)19-14-20(21-25-24(26-33-21)31-11-10-30-2)16-28(15-19)23-22(32-23)27-8-12-34(29)13-9-27/h4-7,19-20,22-23H,3,8-16H2,1-2H3. The van der Waals surface area contributed by atoms with Gasteiger partial charge in [0, 0.05) is 55.6 Å². The number of aryl methyl sites for hydroxylation is 1. The third-order valence-corrected chi connectivity index (χ3v) is 8.28. The maximum Gasteiger partial charge on any atom is 0.354 e. The number of nitrogens with zero attached hydrogens (tertiary/aromatic N) is 4. The fraction of sp³-hybridized carbons (Fsp3) is 0.667. The van der Waals surface area contributed by atoms with Gasteiger partial charge in [-0.1, -0.05) is 31.2 Å². The Labute approximate surface area is 203 Å². The Morgan fingerprint density at radius 2 is 1.79 bits per heavy atom. The Morgan fingerprint density at radius 1 is 1.06 bits per heavy atom. The van der Waals surface area contributed by atoms with Crippen LogP contribution in [0.25, 0.3) is 0 Å². The smallest absolute Gasteiger partial charge is 0.354 e. The Kier molecular flexibility index (Phi) is 7.60. The number of epoxide rings is 1. The molecule has 5 rings (SSSR count). The molecule has 186 valence electrons. The summed E-state index contributed by atoms with van der Waals surface area (Å²) in [6.07, 6.45) is 2.09. The molecule has 0 aliphatic carbocycles. The molecule has 9 nitrogen and oxygen atoms in total. The second kappa shape index (κ2) is 10.8. The summed E-state index contributed by atoms with van der Waals surface area (Å²) in [4.78, 5) is 9.27. The highest BCUT2D eigenvalue weighted by Gasteiger charge is 2.50. The summed E-state index contributed by atoms with van der Waals surface area (Å²) >= 11 is 0. The number of rotatable bonds is 9. The number of hydrogen-bond acceptors (Lipinski definition) is 9. The van der Waals surface area contributed by atoms with Crippen molar-refractivity contribution in [2.45, 2.75) is 44.1 Å². The Balaban J connectivity index is 1.30. The van der Waals surface area contributed by atoms with Crippen molar-refractivity contribution < 1.29 is 22.9 Å². The van der Waals surface area contributed by atoms with Crippen molar-refractivity contribution >= 4 is 10.8 Å². The minimum atomic E-state index is -0.689. The summed E-state index contributed by atoms with van der Waals surface area (Å²) in [5.74, 6) is 2.51. The van der Waals surface area contributed by atoms with Crippen molar-refractivity contribution in [3.05, 3.63) is 41.3 Å². The van der Waals surface area contributed by atoms with E-state index in [1.165, 1.54) is 11.1 Å². The summed E-state index contributed by atoms with van der Waals surface area (Å²) in [5.41, 5.74) is 2.67. The van der Waals surface area contributed by atoms with Gasteiger partial charge < -0.3 is 18.7 Å². The molecule has 34 heavy (non-hydrogen) atoms. The number of aromatic nitrogens is 2. The topological polar surface area (TPSA) is 93.5 Å².